The Morgan fingerprint density at radius 3 is 2.53 bits per heavy atom. The van der Waals surface area contributed by atoms with Crippen LogP contribution in [0.2, 0.25) is 0 Å². The van der Waals surface area contributed by atoms with Crippen molar-refractivity contribution in [2.45, 2.75) is 51.6 Å². The lowest BCUT2D eigenvalue weighted by molar-refractivity contribution is -0.120. The zero-order chi connectivity index (χ0) is 12.7. The monoisotopic (exact) mass is 242 g/mol. The second kappa shape index (κ2) is 6.97. The third-order valence-corrected chi connectivity index (χ3v) is 3.73. The molecule has 1 amide bonds. The molecule has 17 heavy (non-hydrogen) atoms. The molecule has 0 bridgehead atoms. The van der Waals surface area contributed by atoms with Gasteiger partial charge in [-0.2, -0.15) is 0 Å². The van der Waals surface area contributed by atoms with E-state index in [1.165, 1.54) is 6.42 Å². The molecule has 1 fully saturated rings. The molecule has 1 saturated carbocycles. The number of nitrogens with one attached hydrogen (secondary N) is 2. The topological polar surface area (TPSA) is 61.4 Å². The first kappa shape index (κ1) is 14.5. The van der Waals surface area contributed by atoms with Gasteiger partial charge in [0, 0.05) is 13.1 Å². The van der Waals surface area contributed by atoms with Crippen molar-refractivity contribution >= 4 is 5.91 Å². The molecule has 0 spiro atoms. The molecule has 0 aromatic rings. The summed E-state index contributed by atoms with van der Waals surface area (Å²) in [6.07, 6.45) is 5.13. The molecule has 0 aromatic carbocycles. The van der Waals surface area contributed by atoms with E-state index < -0.39 is 5.60 Å². The van der Waals surface area contributed by atoms with Crippen LogP contribution in [-0.2, 0) is 4.79 Å². The van der Waals surface area contributed by atoms with Gasteiger partial charge >= 0.3 is 0 Å². The molecule has 0 unspecified atom stereocenters. The van der Waals surface area contributed by atoms with Crippen LogP contribution < -0.4 is 10.6 Å². The molecular weight excluding hydrogens is 216 g/mol. The van der Waals surface area contributed by atoms with Gasteiger partial charge in [0.25, 0.3) is 0 Å². The number of carbonyl (C=O) groups is 1. The lowest BCUT2D eigenvalue weighted by atomic mass is 9.78. The Hall–Kier alpha value is -0.610. The van der Waals surface area contributed by atoms with Crippen molar-refractivity contribution in [1.29, 1.82) is 0 Å². The van der Waals surface area contributed by atoms with E-state index in [4.69, 9.17) is 0 Å². The number of rotatable bonds is 6. The Labute approximate surface area is 104 Å². The summed E-state index contributed by atoms with van der Waals surface area (Å²) in [6.45, 7) is 5.59. The molecule has 1 aliphatic carbocycles. The van der Waals surface area contributed by atoms with Gasteiger partial charge in [-0.3, -0.25) is 4.79 Å². The lowest BCUT2D eigenvalue weighted by Gasteiger charge is -2.35. The van der Waals surface area contributed by atoms with E-state index >= 15 is 0 Å². The van der Waals surface area contributed by atoms with Gasteiger partial charge in [0.2, 0.25) is 5.91 Å². The first-order valence-corrected chi connectivity index (χ1v) is 6.79. The second-order valence-corrected chi connectivity index (χ2v) is 5.13. The average Bonchev–Trinajstić information content (AvgIpc) is 2.30. The fraction of sp³-hybridized carbons (Fsp3) is 0.923. The van der Waals surface area contributed by atoms with Crippen molar-refractivity contribution in [3.05, 3.63) is 0 Å². The summed E-state index contributed by atoms with van der Waals surface area (Å²) in [6, 6.07) is 0. The molecule has 100 valence electrons. The summed E-state index contributed by atoms with van der Waals surface area (Å²) >= 11 is 0. The summed E-state index contributed by atoms with van der Waals surface area (Å²) in [4.78, 5) is 11.2. The van der Waals surface area contributed by atoms with Crippen molar-refractivity contribution in [3.8, 4) is 0 Å². The van der Waals surface area contributed by atoms with E-state index in [-0.39, 0.29) is 5.91 Å². The highest BCUT2D eigenvalue weighted by Gasteiger charge is 2.32. The van der Waals surface area contributed by atoms with Gasteiger partial charge in [0.05, 0.1) is 12.1 Å². The van der Waals surface area contributed by atoms with E-state index in [0.717, 1.165) is 31.6 Å². The molecular formula is C13H26N2O2. The molecule has 1 rings (SSSR count). The molecule has 4 nitrogen and oxygen atoms in total. The van der Waals surface area contributed by atoms with Crippen LogP contribution in [0.1, 0.15) is 46.0 Å². The Kier molecular flexibility index (Phi) is 5.92. The van der Waals surface area contributed by atoms with Crippen LogP contribution in [0.4, 0.5) is 0 Å². The lowest BCUT2D eigenvalue weighted by Crippen LogP contribution is -2.46. The number of amides is 1. The minimum atomic E-state index is -0.599. The molecule has 0 aliphatic heterocycles. The molecule has 3 N–H and O–H groups in total. The van der Waals surface area contributed by atoms with Gasteiger partial charge in [-0.25, -0.2) is 0 Å². The molecule has 0 atom stereocenters. The van der Waals surface area contributed by atoms with E-state index in [1.54, 1.807) is 0 Å². The van der Waals surface area contributed by atoms with Gasteiger partial charge in [-0.1, -0.05) is 13.3 Å². The maximum Gasteiger partial charge on any atom is 0.233 e. The normalized spacial score (nSPS) is 29.0. The Morgan fingerprint density at radius 2 is 2.00 bits per heavy atom. The summed E-state index contributed by atoms with van der Waals surface area (Å²) in [5, 5.41) is 16.1. The number of aliphatic hydroxyl groups is 1. The maximum atomic E-state index is 11.2. The van der Waals surface area contributed by atoms with Gasteiger partial charge in [0.15, 0.2) is 0 Å². The van der Waals surface area contributed by atoms with Crippen LogP contribution >= 0.6 is 0 Å². The average molecular weight is 242 g/mol. The van der Waals surface area contributed by atoms with Crippen LogP contribution in [0.15, 0.2) is 0 Å². The highest BCUT2D eigenvalue weighted by Crippen LogP contribution is 2.33. The Morgan fingerprint density at radius 1 is 1.35 bits per heavy atom. The highest BCUT2D eigenvalue weighted by atomic mass is 16.3. The van der Waals surface area contributed by atoms with Crippen LogP contribution in [0.3, 0.4) is 0 Å². The predicted octanol–water partition coefficient (Wildman–Crippen LogP) is 1.04. The molecule has 0 saturated heterocycles. The zero-order valence-corrected chi connectivity index (χ0v) is 11.1. The third kappa shape index (κ3) is 5.04. The molecule has 0 aromatic heterocycles. The van der Waals surface area contributed by atoms with E-state index in [0.29, 0.717) is 19.6 Å². The van der Waals surface area contributed by atoms with Crippen LogP contribution in [-0.4, -0.2) is 36.2 Å². The van der Waals surface area contributed by atoms with Crippen LogP contribution in [0.5, 0.6) is 0 Å². The van der Waals surface area contributed by atoms with Crippen molar-refractivity contribution in [3.63, 3.8) is 0 Å². The largest absolute Gasteiger partial charge is 0.389 e. The van der Waals surface area contributed by atoms with Crippen molar-refractivity contribution in [2.75, 3.05) is 19.6 Å². The summed E-state index contributed by atoms with van der Waals surface area (Å²) < 4.78 is 0. The van der Waals surface area contributed by atoms with Gasteiger partial charge < -0.3 is 15.7 Å². The smallest absolute Gasteiger partial charge is 0.233 e. The Bertz CT molecular complexity index is 236. The summed E-state index contributed by atoms with van der Waals surface area (Å²) in [5.41, 5.74) is -0.599. The molecule has 0 radical (unpaired) electrons. The quantitative estimate of drug-likeness (QED) is 0.652. The number of carbonyl (C=O) groups excluding carboxylic acids is 1. The fourth-order valence-corrected chi connectivity index (χ4v) is 2.47. The number of hydrogen-bond acceptors (Lipinski definition) is 3. The SMILES string of the molecule is CCNC(=O)CNCC1(O)CCC(CC)CC1. The van der Waals surface area contributed by atoms with Crippen molar-refractivity contribution < 1.29 is 9.90 Å². The summed E-state index contributed by atoms with van der Waals surface area (Å²) in [7, 11) is 0. The van der Waals surface area contributed by atoms with Crippen molar-refractivity contribution in [2.24, 2.45) is 5.92 Å². The third-order valence-electron chi connectivity index (χ3n) is 3.73. The maximum absolute atomic E-state index is 11.2. The van der Waals surface area contributed by atoms with E-state index in [1.807, 2.05) is 6.92 Å². The molecule has 1 aliphatic rings. The van der Waals surface area contributed by atoms with Crippen LogP contribution in [0.25, 0.3) is 0 Å². The minimum Gasteiger partial charge on any atom is -0.389 e. The highest BCUT2D eigenvalue weighted by molar-refractivity contribution is 5.77. The standard InChI is InChI=1S/C13H26N2O2/c1-3-11-5-7-13(17,8-6-11)10-14-9-12(16)15-4-2/h11,14,17H,3-10H2,1-2H3,(H,15,16). The fourth-order valence-electron chi connectivity index (χ4n) is 2.47. The number of hydrogen-bond donors (Lipinski definition) is 3. The first-order chi connectivity index (χ1) is 8.09. The molecule has 0 heterocycles. The Balaban J connectivity index is 2.20. The predicted molar refractivity (Wildman–Crippen MR) is 68.8 cm³/mol. The first-order valence-electron chi connectivity index (χ1n) is 6.79. The molecule has 4 heteroatoms. The zero-order valence-electron chi connectivity index (χ0n) is 11.1. The van der Waals surface area contributed by atoms with Crippen molar-refractivity contribution in [1.82, 2.24) is 10.6 Å². The number of likely N-dealkylation sites (N-methyl/N-ethyl adjacent to an activating group) is 1. The van der Waals surface area contributed by atoms with Crippen LogP contribution in [0, 0.1) is 5.92 Å². The van der Waals surface area contributed by atoms with E-state index in [2.05, 4.69) is 17.6 Å². The summed E-state index contributed by atoms with van der Waals surface area (Å²) in [5.74, 6) is 0.775. The van der Waals surface area contributed by atoms with Gasteiger partial charge in [-0.05, 0) is 38.5 Å². The second-order valence-electron chi connectivity index (χ2n) is 5.13. The van der Waals surface area contributed by atoms with Gasteiger partial charge in [-0.15, -0.1) is 0 Å². The van der Waals surface area contributed by atoms with E-state index in [9.17, 15) is 9.90 Å². The van der Waals surface area contributed by atoms with Gasteiger partial charge in [0.1, 0.15) is 0 Å². The minimum absolute atomic E-state index is 0.00153.